The molecule has 1 aliphatic heterocycles. The first-order valence-corrected chi connectivity index (χ1v) is 10.8. The molecule has 1 aliphatic rings. The van der Waals surface area contributed by atoms with E-state index in [9.17, 15) is 9.59 Å². The number of likely N-dealkylation sites (N-methyl/N-ethyl adjacent to an activating group) is 1. The molecule has 0 bridgehead atoms. The van der Waals surface area contributed by atoms with Gasteiger partial charge >= 0.3 is 0 Å². The van der Waals surface area contributed by atoms with Crippen LogP contribution in [0.25, 0.3) is 0 Å². The monoisotopic (exact) mass is 408 g/mol. The highest BCUT2D eigenvalue weighted by Crippen LogP contribution is 2.11. The van der Waals surface area contributed by atoms with Gasteiger partial charge in [0, 0.05) is 12.6 Å². The minimum absolute atomic E-state index is 0.0182. The lowest BCUT2D eigenvalue weighted by molar-refractivity contribution is -0.917. The van der Waals surface area contributed by atoms with E-state index < -0.39 is 0 Å². The van der Waals surface area contributed by atoms with E-state index in [-0.39, 0.29) is 18.4 Å². The number of carbonyl (C=O) groups excluding carboxylic acids is 2. The number of quaternary nitrogens is 1. The third-order valence-electron chi connectivity index (χ3n) is 6.08. The average molecular weight is 409 g/mol. The minimum atomic E-state index is -0.0182. The van der Waals surface area contributed by atoms with Crippen molar-refractivity contribution in [3.63, 3.8) is 0 Å². The Morgan fingerprint density at radius 2 is 1.70 bits per heavy atom. The molecule has 1 N–H and O–H groups in total. The van der Waals surface area contributed by atoms with Gasteiger partial charge in [0.1, 0.15) is 6.54 Å². The maximum atomic E-state index is 12.7. The fraction of sp³-hybridized carbons (Fsp3) is 0.440. The number of rotatable bonds is 6. The highest BCUT2D eigenvalue weighted by atomic mass is 16.2. The molecule has 5 nitrogen and oxygen atoms in total. The molecule has 0 aromatic heterocycles. The fourth-order valence-electron chi connectivity index (χ4n) is 3.97. The molecule has 0 aliphatic carbocycles. The van der Waals surface area contributed by atoms with Crippen molar-refractivity contribution in [2.24, 2.45) is 0 Å². The van der Waals surface area contributed by atoms with E-state index in [0.717, 1.165) is 38.3 Å². The van der Waals surface area contributed by atoms with Gasteiger partial charge in [-0.15, -0.1) is 0 Å². The van der Waals surface area contributed by atoms with Crippen LogP contribution >= 0.6 is 0 Å². The van der Waals surface area contributed by atoms with Crippen LogP contribution in [0.5, 0.6) is 0 Å². The number of aryl methyl sites for hydroxylation is 3. The standard InChI is InChI=1S/C25H33N3O2/c1-19-6-5-7-23(14-19)17-27-10-12-28(13-11-27)25(30)18-26(4)24(29)16-22-9-8-20(2)21(3)15-22/h5-9,14-15H,10-13,16-18H2,1-4H3/p+1. The normalized spacial score (nSPS) is 14.6. The number of benzene rings is 2. The Labute approximate surface area is 180 Å². The molecular weight excluding hydrogens is 374 g/mol. The third kappa shape index (κ3) is 5.92. The van der Waals surface area contributed by atoms with Crippen LogP contribution < -0.4 is 4.90 Å². The summed E-state index contributed by atoms with van der Waals surface area (Å²) in [6, 6.07) is 14.7. The summed E-state index contributed by atoms with van der Waals surface area (Å²) in [6.07, 6.45) is 0.333. The Kier molecular flexibility index (Phi) is 7.27. The zero-order valence-corrected chi connectivity index (χ0v) is 18.7. The molecule has 30 heavy (non-hydrogen) atoms. The zero-order valence-electron chi connectivity index (χ0n) is 18.7. The van der Waals surface area contributed by atoms with Crippen molar-refractivity contribution in [1.29, 1.82) is 0 Å². The van der Waals surface area contributed by atoms with Crippen molar-refractivity contribution in [3.05, 3.63) is 70.3 Å². The quantitative estimate of drug-likeness (QED) is 0.788. The van der Waals surface area contributed by atoms with Gasteiger partial charge in [0.05, 0.1) is 39.1 Å². The summed E-state index contributed by atoms with van der Waals surface area (Å²) in [4.78, 5) is 30.2. The molecule has 0 atom stereocenters. The summed E-state index contributed by atoms with van der Waals surface area (Å²) < 4.78 is 0. The largest absolute Gasteiger partial charge is 0.336 e. The lowest BCUT2D eigenvalue weighted by atomic mass is 10.0. The van der Waals surface area contributed by atoms with Crippen molar-refractivity contribution in [2.75, 3.05) is 39.8 Å². The summed E-state index contributed by atoms with van der Waals surface area (Å²) in [5, 5.41) is 0. The Balaban J connectivity index is 1.45. The molecule has 0 unspecified atom stereocenters. The van der Waals surface area contributed by atoms with Gasteiger partial charge in [0.25, 0.3) is 0 Å². The first kappa shape index (κ1) is 22.0. The lowest BCUT2D eigenvalue weighted by Crippen LogP contribution is -3.13. The van der Waals surface area contributed by atoms with Crippen molar-refractivity contribution in [1.82, 2.24) is 9.80 Å². The van der Waals surface area contributed by atoms with Crippen LogP contribution in [0.2, 0.25) is 0 Å². The van der Waals surface area contributed by atoms with Crippen molar-refractivity contribution in [3.8, 4) is 0 Å². The first-order valence-electron chi connectivity index (χ1n) is 10.8. The second kappa shape index (κ2) is 9.90. The van der Waals surface area contributed by atoms with Gasteiger partial charge in [-0.3, -0.25) is 9.59 Å². The first-order chi connectivity index (χ1) is 14.3. The van der Waals surface area contributed by atoms with Crippen LogP contribution in [0.3, 0.4) is 0 Å². The summed E-state index contributed by atoms with van der Waals surface area (Å²) in [6.45, 7) is 10.8. The van der Waals surface area contributed by atoms with E-state index in [4.69, 9.17) is 0 Å². The Morgan fingerprint density at radius 3 is 2.37 bits per heavy atom. The van der Waals surface area contributed by atoms with Gasteiger partial charge in [-0.1, -0.05) is 48.0 Å². The van der Waals surface area contributed by atoms with Crippen LogP contribution in [-0.4, -0.2) is 61.4 Å². The molecule has 2 aromatic carbocycles. The number of carbonyl (C=O) groups is 2. The summed E-state index contributed by atoms with van der Waals surface area (Å²) >= 11 is 0. The molecule has 2 amide bonds. The van der Waals surface area contributed by atoms with E-state index in [1.807, 2.05) is 17.0 Å². The predicted octanol–water partition coefficient (Wildman–Crippen LogP) is 1.54. The van der Waals surface area contributed by atoms with Gasteiger partial charge in [-0.2, -0.15) is 0 Å². The molecule has 0 radical (unpaired) electrons. The predicted molar refractivity (Wildman–Crippen MR) is 119 cm³/mol. The average Bonchev–Trinajstić information content (AvgIpc) is 2.71. The highest BCUT2D eigenvalue weighted by molar-refractivity contribution is 5.85. The van der Waals surface area contributed by atoms with Gasteiger partial charge in [-0.05, 0) is 37.5 Å². The molecule has 0 spiro atoms. The second-order valence-electron chi connectivity index (χ2n) is 8.64. The summed E-state index contributed by atoms with van der Waals surface area (Å²) in [7, 11) is 1.72. The fourth-order valence-corrected chi connectivity index (χ4v) is 3.97. The second-order valence-corrected chi connectivity index (χ2v) is 8.64. The number of piperazine rings is 1. The molecular formula is C25H34N3O2+. The molecule has 1 saturated heterocycles. The van der Waals surface area contributed by atoms with Crippen LogP contribution in [-0.2, 0) is 22.6 Å². The third-order valence-corrected chi connectivity index (χ3v) is 6.08. The Morgan fingerprint density at radius 1 is 0.967 bits per heavy atom. The van der Waals surface area contributed by atoms with E-state index in [1.54, 1.807) is 11.9 Å². The smallest absolute Gasteiger partial charge is 0.242 e. The SMILES string of the molecule is Cc1cccc(C[NH+]2CCN(C(=O)CN(C)C(=O)Cc3ccc(C)c(C)c3)CC2)c1. The van der Waals surface area contributed by atoms with Crippen LogP contribution in [0.4, 0.5) is 0 Å². The highest BCUT2D eigenvalue weighted by Gasteiger charge is 2.25. The summed E-state index contributed by atoms with van der Waals surface area (Å²) in [5.41, 5.74) is 6.04. The number of hydrogen-bond acceptors (Lipinski definition) is 2. The van der Waals surface area contributed by atoms with Gasteiger partial charge < -0.3 is 14.7 Å². The van der Waals surface area contributed by atoms with E-state index >= 15 is 0 Å². The molecule has 5 heteroatoms. The molecule has 1 fully saturated rings. The topological polar surface area (TPSA) is 45.1 Å². The molecule has 0 saturated carbocycles. The summed E-state index contributed by atoms with van der Waals surface area (Å²) in [5.74, 6) is 0.0239. The number of nitrogens with one attached hydrogen (secondary N) is 1. The molecule has 3 rings (SSSR count). The van der Waals surface area contributed by atoms with Gasteiger partial charge in [0.15, 0.2) is 0 Å². The minimum Gasteiger partial charge on any atom is -0.336 e. The van der Waals surface area contributed by atoms with Gasteiger partial charge in [0.2, 0.25) is 11.8 Å². The van der Waals surface area contributed by atoms with E-state index in [1.165, 1.54) is 27.2 Å². The Hall–Kier alpha value is -2.66. The van der Waals surface area contributed by atoms with Gasteiger partial charge in [-0.25, -0.2) is 0 Å². The van der Waals surface area contributed by atoms with Crippen molar-refractivity contribution >= 4 is 11.8 Å². The maximum absolute atomic E-state index is 12.7. The molecule has 160 valence electrons. The Bertz CT molecular complexity index is 901. The van der Waals surface area contributed by atoms with Crippen molar-refractivity contribution in [2.45, 2.75) is 33.7 Å². The van der Waals surface area contributed by atoms with Crippen LogP contribution in [0.1, 0.15) is 27.8 Å². The number of hydrogen-bond donors (Lipinski definition) is 1. The van der Waals surface area contributed by atoms with E-state index in [0.29, 0.717) is 6.42 Å². The molecule has 1 heterocycles. The number of amides is 2. The zero-order chi connectivity index (χ0) is 21.7. The number of nitrogens with zero attached hydrogens (tertiary/aromatic N) is 2. The lowest BCUT2D eigenvalue weighted by Gasteiger charge is -2.33. The van der Waals surface area contributed by atoms with E-state index in [2.05, 4.69) is 51.1 Å². The van der Waals surface area contributed by atoms with Crippen LogP contribution in [0.15, 0.2) is 42.5 Å². The van der Waals surface area contributed by atoms with Crippen LogP contribution in [0, 0.1) is 20.8 Å². The van der Waals surface area contributed by atoms with Crippen molar-refractivity contribution < 1.29 is 14.5 Å². The molecule has 2 aromatic rings. The maximum Gasteiger partial charge on any atom is 0.242 e.